The minimum Gasteiger partial charge on any atom is -0.504 e. The minimum atomic E-state index is -4.43. The van der Waals surface area contributed by atoms with Crippen molar-refractivity contribution in [2.45, 2.75) is 6.18 Å². The third-order valence-corrected chi connectivity index (χ3v) is 2.33. The van der Waals surface area contributed by atoms with Gasteiger partial charge in [0.25, 0.3) is 0 Å². The van der Waals surface area contributed by atoms with Gasteiger partial charge in [0, 0.05) is 6.07 Å². The molecule has 1 N–H and O–H groups in total. The van der Waals surface area contributed by atoms with Crippen molar-refractivity contribution in [3.05, 3.63) is 53.8 Å². The second-order valence-electron chi connectivity index (χ2n) is 3.74. The topological polar surface area (TPSA) is 29.5 Å². The summed E-state index contributed by atoms with van der Waals surface area (Å²) in [5.74, 6) is -1.03. The van der Waals surface area contributed by atoms with Crippen LogP contribution in [0.25, 0.3) is 0 Å². The van der Waals surface area contributed by atoms with Crippen LogP contribution >= 0.6 is 0 Å². The van der Waals surface area contributed by atoms with Gasteiger partial charge in [-0.15, -0.1) is 0 Å². The molecule has 2 rings (SSSR count). The smallest absolute Gasteiger partial charge is 0.416 e. The Morgan fingerprint density at radius 1 is 0.947 bits per heavy atom. The highest BCUT2D eigenvalue weighted by atomic mass is 19.4. The van der Waals surface area contributed by atoms with Crippen LogP contribution in [0.3, 0.4) is 0 Å². The summed E-state index contributed by atoms with van der Waals surface area (Å²) < 4.78 is 55.0. The summed E-state index contributed by atoms with van der Waals surface area (Å²) in [6.45, 7) is 0. The van der Waals surface area contributed by atoms with Crippen molar-refractivity contribution in [2.24, 2.45) is 0 Å². The van der Waals surface area contributed by atoms with E-state index in [1.165, 1.54) is 0 Å². The van der Waals surface area contributed by atoms with Gasteiger partial charge < -0.3 is 9.84 Å². The average molecular weight is 272 g/mol. The fraction of sp³-hybridized carbons (Fsp3) is 0.0769. The molecule has 0 saturated heterocycles. The van der Waals surface area contributed by atoms with Crippen molar-refractivity contribution >= 4 is 0 Å². The number of alkyl halides is 3. The van der Waals surface area contributed by atoms with Gasteiger partial charge in [-0.25, -0.2) is 4.39 Å². The van der Waals surface area contributed by atoms with Crippen LogP contribution in [-0.2, 0) is 6.18 Å². The van der Waals surface area contributed by atoms with E-state index in [1.54, 1.807) is 0 Å². The SMILES string of the molecule is Oc1ccc(F)cc1Oc1ccc(C(F)(F)F)cc1. The summed E-state index contributed by atoms with van der Waals surface area (Å²) in [5, 5.41) is 9.41. The fourth-order valence-electron chi connectivity index (χ4n) is 1.41. The lowest BCUT2D eigenvalue weighted by Crippen LogP contribution is -2.04. The Balaban J connectivity index is 2.22. The molecular weight excluding hydrogens is 264 g/mol. The van der Waals surface area contributed by atoms with Gasteiger partial charge in [0.05, 0.1) is 5.56 Å². The van der Waals surface area contributed by atoms with Crippen LogP contribution in [0.4, 0.5) is 17.6 Å². The monoisotopic (exact) mass is 272 g/mol. The lowest BCUT2D eigenvalue weighted by molar-refractivity contribution is -0.137. The molecule has 19 heavy (non-hydrogen) atoms. The summed E-state index contributed by atoms with van der Waals surface area (Å²) in [6.07, 6.45) is -4.43. The molecule has 0 unspecified atom stereocenters. The predicted molar refractivity (Wildman–Crippen MR) is 59.6 cm³/mol. The molecule has 0 spiro atoms. The Bertz CT molecular complexity index is 576. The predicted octanol–water partition coefficient (Wildman–Crippen LogP) is 4.34. The second kappa shape index (κ2) is 4.79. The van der Waals surface area contributed by atoms with Crippen LogP contribution < -0.4 is 4.74 Å². The highest BCUT2D eigenvalue weighted by Crippen LogP contribution is 2.34. The summed E-state index contributed by atoms with van der Waals surface area (Å²) in [6, 6.07) is 6.92. The van der Waals surface area contributed by atoms with Gasteiger partial charge in [0.1, 0.15) is 11.6 Å². The summed E-state index contributed by atoms with van der Waals surface area (Å²) >= 11 is 0. The number of phenolic OH excluding ortho intramolecular Hbond substituents is 1. The van der Waals surface area contributed by atoms with E-state index >= 15 is 0 Å². The maximum atomic E-state index is 12.9. The summed E-state index contributed by atoms with van der Waals surface area (Å²) in [5.41, 5.74) is -0.816. The van der Waals surface area contributed by atoms with E-state index in [1.807, 2.05) is 0 Å². The first-order valence-corrected chi connectivity index (χ1v) is 5.20. The van der Waals surface area contributed by atoms with Crippen LogP contribution in [-0.4, -0.2) is 5.11 Å². The van der Waals surface area contributed by atoms with Gasteiger partial charge in [-0.2, -0.15) is 13.2 Å². The van der Waals surface area contributed by atoms with Gasteiger partial charge >= 0.3 is 6.18 Å². The number of aromatic hydroxyl groups is 1. The largest absolute Gasteiger partial charge is 0.504 e. The zero-order valence-corrected chi connectivity index (χ0v) is 9.41. The maximum absolute atomic E-state index is 12.9. The molecule has 2 aromatic rings. The Morgan fingerprint density at radius 2 is 1.58 bits per heavy atom. The van der Waals surface area contributed by atoms with Gasteiger partial charge in [-0.3, -0.25) is 0 Å². The molecule has 6 heteroatoms. The molecule has 0 fully saturated rings. The molecule has 0 amide bonds. The molecule has 0 atom stereocenters. The van der Waals surface area contributed by atoms with E-state index in [9.17, 15) is 22.7 Å². The molecule has 2 aromatic carbocycles. The number of hydrogen-bond donors (Lipinski definition) is 1. The van der Waals surface area contributed by atoms with Crippen molar-refractivity contribution in [3.63, 3.8) is 0 Å². The third kappa shape index (κ3) is 3.15. The lowest BCUT2D eigenvalue weighted by Gasteiger charge is -2.09. The molecular formula is C13H8F4O2. The van der Waals surface area contributed by atoms with Crippen molar-refractivity contribution in [2.75, 3.05) is 0 Å². The van der Waals surface area contributed by atoms with Gasteiger partial charge in [0.2, 0.25) is 0 Å². The highest BCUT2D eigenvalue weighted by Gasteiger charge is 2.30. The molecule has 0 aliphatic rings. The zero-order chi connectivity index (χ0) is 14.0. The summed E-state index contributed by atoms with van der Waals surface area (Å²) in [4.78, 5) is 0. The summed E-state index contributed by atoms with van der Waals surface area (Å²) in [7, 11) is 0. The van der Waals surface area contributed by atoms with E-state index in [2.05, 4.69) is 0 Å². The normalized spacial score (nSPS) is 11.4. The molecule has 0 saturated carbocycles. The Kier molecular flexibility index (Phi) is 3.33. The number of benzene rings is 2. The quantitative estimate of drug-likeness (QED) is 0.824. The number of hydrogen-bond acceptors (Lipinski definition) is 2. The van der Waals surface area contributed by atoms with E-state index in [0.717, 1.165) is 42.5 Å². The van der Waals surface area contributed by atoms with Gasteiger partial charge in [-0.1, -0.05) is 0 Å². The van der Waals surface area contributed by atoms with E-state index < -0.39 is 17.6 Å². The molecule has 0 heterocycles. The Hall–Kier alpha value is -2.24. The third-order valence-electron chi connectivity index (χ3n) is 2.33. The number of phenols is 1. The molecule has 2 nitrogen and oxygen atoms in total. The standard InChI is InChI=1S/C13H8F4O2/c14-9-3-6-11(18)12(7-9)19-10-4-1-8(2-5-10)13(15,16)17/h1-7,18H. The highest BCUT2D eigenvalue weighted by molar-refractivity contribution is 5.42. The molecule has 0 radical (unpaired) electrons. The molecule has 0 aromatic heterocycles. The average Bonchev–Trinajstić information content (AvgIpc) is 2.33. The zero-order valence-electron chi connectivity index (χ0n) is 9.41. The van der Waals surface area contributed by atoms with E-state index in [-0.39, 0.29) is 17.2 Å². The van der Waals surface area contributed by atoms with Crippen LogP contribution in [0.1, 0.15) is 5.56 Å². The minimum absolute atomic E-state index is 0.0638. The van der Waals surface area contributed by atoms with Crippen molar-refractivity contribution in [1.29, 1.82) is 0 Å². The van der Waals surface area contributed by atoms with E-state index in [0.29, 0.717) is 0 Å². The van der Waals surface area contributed by atoms with Gasteiger partial charge in [-0.05, 0) is 36.4 Å². The number of rotatable bonds is 2. The van der Waals surface area contributed by atoms with Crippen molar-refractivity contribution < 1.29 is 27.4 Å². The van der Waals surface area contributed by atoms with Crippen LogP contribution in [0.15, 0.2) is 42.5 Å². The molecule has 0 aliphatic heterocycles. The Morgan fingerprint density at radius 3 is 2.16 bits per heavy atom. The first-order valence-electron chi connectivity index (χ1n) is 5.20. The number of halogens is 4. The molecule has 100 valence electrons. The van der Waals surface area contributed by atoms with Crippen LogP contribution in [0.2, 0.25) is 0 Å². The van der Waals surface area contributed by atoms with Crippen LogP contribution in [0, 0.1) is 5.82 Å². The van der Waals surface area contributed by atoms with Crippen LogP contribution in [0.5, 0.6) is 17.2 Å². The first-order chi connectivity index (χ1) is 8.86. The van der Waals surface area contributed by atoms with Gasteiger partial charge in [0.15, 0.2) is 11.5 Å². The molecule has 0 bridgehead atoms. The number of ether oxygens (including phenoxy) is 1. The maximum Gasteiger partial charge on any atom is 0.416 e. The van der Waals surface area contributed by atoms with Crippen molar-refractivity contribution in [1.82, 2.24) is 0 Å². The Labute approximate surface area is 105 Å². The first kappa shape index (κ1) is 13.2. The molecule has 0 aliphatic carbocycles. The second-order valence-corrected chi connectivity index (χ2v) is 3.74. The lowest BCUT2D eigenvalue weighted by atomic mass is 10.2. The van der Waals surface area contributed by atoms with E-state index in [4.69, 9.17) is 4.74 Å². The fourth-order valence-corrected chi connectivity index (χ4v) is 1.41. The van der Waals surface area contributed by atoms with Crippen molar-refractivity contribution in [3.8, 4) is 17.2 Å².